The average molecular weight is 264 g/mol. The van der Waals surface area contributed by atoms with Crippen molar-refractivity contribution in [3.63, 3.8) is 0 Å². The van der Waals surface area contributed by atoms with E-state index < -0.39 is 0 Å². The molecule has 0 aliphatic carbocycles. The molecule has 1 aromatic rings. The fourth-order valence-electron chi connectivity index (χ4n) is 1.11. The lowest BCUT2D eigenvalue weighted by atomic mass is 10.1. The normalized spacial score (nSPS) is 12.8. The van der Waals surface area contributed by atoms with Crippen molar-refractivity contribution in [2.24, 2.45) is 0 Å². The van der Waals surface area contributed by atoms with Crippen LogP contribution in [0.1, 0.15) is 17.2 Å². The van der Waals surface area contributed by atoms with Crippen molar-refractivity contribution in [2.45, 2.75) is 12.0 Å². The van der Waals surface area contributed by atoms with Gasteiger partial charge in [-0.25, -0.2) is 0 Å². The number of rotatable bonds is 4. The number of hydrogen-bond acceptors (Lipinski definition) is 1. The first-order valence-corrected chi connectivity index (χ1v) is 5.71. The zero-order chi connectivity index (χ0) is 9.68. The predicted octanol–water partition coefficient (Wildman–Crippen LogP) is 3.51. The average Bonchev–Trinajstić information content (AvgIpc) is 2.21. The lowest BCUT2D eigenvalue weighted by molar-refractivity contribution is 0.124. The fourth-order valence-corrected chi connectivity index (χ4v) is 1.93. The van der Waals surface area contributed by atoms with Gasteiger partial charge >= 0.3 is 0 Å². The maximum Gasteiger partial charge on any atom is 0.0917 e. The summed E-state index contributed by atoms with van der Waals surface area (Å²) in [6.07, 6.45) is 0.129. The van der Waals surface area contributed by atoms with Gasteiger partial charge in [0.2, 0.25) is 0 Å². The van der Waals surface area contributed by atoms with E-state index in [4.69, 9.17) is 16.3 Å². The molecule has 0 N–H and O–H groups in total. The summed E-state index contributed by atoms with van der Waals surface area (Å²) in [5, 5.41) is 0.809. The van der Waals surface area contributed by atoms with Gasteiger partial charge in [0.1, 0.15) is 0 Å². The smallest absolute Gasteiger partial charge is 0.0917 e. The van der Waals surface area contributed by atoms with Crippen LogP contribution in [0.4, 0.5) is 0 Å². The number of hydrogen-bond donors (Lipinski definition) is 0. The summed E-state index contributed by atoms with van der Waals surface area (Å²) in [6.45, 7) is 0. The molecule has 1 rings (SSSR count). The molecule has 0 spiro atoms. The summed E-state index contributed by atoms with van der Waals surface area (Å²) in [7, 11) is 1.71. The lowest BCUT2D eigenvalue weighted by Crippen LogP contribution is -2.02. The van der Waals surface area contributed by atoms with Gasteiger partial charge in [-0.15, -0.1) is 11.6 Å². The topological polar surface area (TPSA) is 9.23 Å². The van der Waals surface area contributed by atoms with Crippen molar-refractivity contribution >= 4 is 27.5 Å². The van der Waals surface area contributed by atoms with Crippen LogP contribution in [0.25, 0.3) is 0 Å². The molecule has 0 saturated heterocycles. The summed E-state index contributed by atoms with van der Waals surface area (Å²) in [5.41, 5.74) is 2.31. The second-order valence-corrected chi connectivity index (χ2v) is 3.67. The standard InChI is InChI=1S/C10H12BrClO/c1-13-10(6-11)9-4-2-8(7-12)3-5-9/h2-5,10H,6-7H2,1H3/t10-/m0/s1. The van der Waals surface area contributed by atoms with E-state index in [2.05, 4.69) is 15.9 Å². The van der Waals surface area contributed by atoms with Crippen LogP contribution in [0.15, 0.2) is 24.3 Å². The SMILES string of the molecule is CO[C@@H](CBr)c1ccc(CCl)cc1. The number of halogens is 2. The van der Waals surface area contributed by atoms with Crippen molar-refractivity contribution < 1.29 is 4.74 Å². The number of methoxy groups -OCH3 is 1. The minimum absolute atomic E-state index is 0.129. The van der Waals surface area contributed by atoms with Gasteiger partial charge in [0.15, 0.2) is 0 Å². The molecule has 13 heavy (non-hydrogen) atoms. The minimum Gasteiger partial charge on any atom is -0.376 e. The third-order valence-electron chi connectivity index (χ3n) is 1.93. The van der Waals surface area contributed by atoms with Crippen LogP contribution in [0, 0.1) is 0 Å². The van der Waals surface area contributed by atoms with Crippen molar-refractivity contribution in [1.29, 1.82) is 0 Å². The first kappa shape index (κ1) is 11.0. The van der Waals surface area contributed by atoms with Crippen molar-refractivity contribution in [2.75, 3.05) is 12.4 Å². The quantitative estimate of drug-likeness (QED) is 0.756. The van der Waals surface area contributed by atoms with Crippen LogP contribution in [0.3, 0.4) is 0 Å². The molecular formula is C10H12BrClO. The van der Waals surface area contributed by atoms with E-state index in [0.717, 1.165) is 10.9 Å². The monoisotopic (exact) mass is 262 g/mol. The highest BCUT2D eigenvalue weighted by Gasteiger charge is 2.07. The van der Waals surface area contributed by atoms with Gasteiger partial charge in [-0.3, -0.25) is 0 Å². The van der Waals surface area contributed by atoms with E-state index in [9.17, 15) is 0 Å². The molecule has 0 bridgehead atoms. The van der Waals surface area contributed by atoms with Crippen LogP contribution in [-0.2, 0) is 10.6 Å². The largest absolute Gasteiger partial charge is 0.376 e. The van der Waals surface area contributed by atoms with Crippen LogP contribution < -0.4 is 0 Å². The molecule has 72 valence electrons. The summed E-state index contributed by atoms with van der Waals surface area (Å²) in [4.78, 5) is 0. The zero-order valence-corrected chi connectivity index (χ0v) is 9.81. The third-order valence-corrected chi connectivity index (χ3v) is 2.83. The molecular weight excluding hydrogens is 251 g/mol. The molecule has 0 radical (unpaired) electrons. The summed E-state index contributed by atoms with van der Waals surface area (Å²) in [5.74, 6) is 0.562. The Balaban J connectivity index is 2.78. The first-order chi connectivity index (χ1) is 6.31. The van der Waals surface area contributed by atoms with Gasteiger partial charge in [0, 0.05) is 18.3 Å². The Hall–Kier alpha value is -0.0500. The Morgan fingerprint density at radius 1 is 1.38 bits per heavy atom. The first-order valence-electron chi connectivity index (χ1n) is 4.05. The molecule has 0 amide bonds. The van der Waals surface area contributed by atoms with Crippen molar-refractivity contribution in [3.8, 4) is 0 Å². The van der Waals surface area contributed by atoms with E-state index in [1.54, 1.807) is 7.11 Å². The summed E-state index contributed by atoms with van der Waals surface area (Å²) >= 11 is 9.08. The summed E-state index contributed by atoms with van der Waals surface area (Å²) in [6, 6.07) is 8.15. The highest BCUT2D eigenvalue weighted by atomic mass is 79.9. The Labute approximate surface area is 92.2 Å². The van der Waals surface area contributed by atoms with E-state index in [1.807, 2.05) is 24.3 Å². The van der Waals surface area contributed by atoms with Crippen LogP contribution in [0.5, 0.6) is 0 Å². The molecule has 1 nitrogen and oxygen atoms in total. The maximum absolute atomic E-state index is 5.69. The third kappa shape index (κ3) is 2.97. The molecule has 0 saturated carbocycles. The van der Waals surface area contributed by atoms with Gasteiger partial charge in [-0.1, -0.05) is 40.2 Å². The van der Waals surface area contributed by atoms with Gasteiger partial charge in [0.25, 0.3) is 0 Å². The molecule has 0 unspecified atom stereocenters. The minimum atomic E-state index is 0.129. The van der Waals surface area contributed by atoms with Crippen LogP contribution in [-0.4, -0.2) is 12.4 Å². The Bertz CT molecular complexity index is 244. The maximum atomic E-state index is 5.69. The molecule has 0 heterocycles. The van der Waals surface area contributed by atoms with Crippen LogP contribution >= 0.6 is 27.5 Å². The highest BCUT2D eigenvalue weighted by molar-refractivity contribution is 9.09. The van der Waals surface area contributed by atoms with Crippen molar-refractivity contribution in [3.05, 3.63) is 35.4 Å². The number of benzene rings is 1. The lowest BCUT2D eigenvalue weighted by Gasteiger charge is -2.12. The molecule has 0 aliphatic rings. The Morgan fingerprint density at radius 3 is 2.38 bits per heavy atom. The molecule has 3 heteroatoms. The molecule has 0 aromatic heterocycles. The molecule has 0 fully saturated rings. The Kier molecular flexibility index (Phi) is 4.78. The Morgan fingerprint density at radius 2 is 2.00 bits per heavy atom. The number of ether oxygens (including phenoxy) is 1. The second kappa shape index (κ2) is 5.63. The van der Waals surface area contributed by atoms with Crippen molar-refractivity contribution in [1.82, 2.24) is 0 Å². The highest BCUT2D eigenvalue weighted by Crippen LogP contribution is 2.19. The fraction of sp³-hybridized carbons (Fsp3) is 0.400. The van der Waals surface area contributed by atoms with E-state index in [-0.39, 0.29) is 6.10 Å². The van der Waals surface area contributed by atoms with Crippen LogP contribution in [0.2, 0.25) is 0 Å². The molecule has 1 aromatic carbocycles. The van der Waals surface area contributed by atoms with E-state index >= 15 is 0 Å². The molecule has 1 atom stereocenters. The van der Waals surface area contributed by atoms with E-state index in [0.29, 0.717) is 5.88 Å². The van der Waals surface area contributed by atoms with Gasteiger partial charge < -0.3 is 4.74 Å². The van der Waals surface area contributed by atoms with Gasteiger partial charge in [0.05, 0.1) is 6.10 Å². The molecule has 0 aliphatic heterocycles. The zero-order valence-electron chi connectivity index (χ0n) is 7.47. The number of alkyl halides is 2. The van der Waals surface area contributed by atoms with Gasteiger partial charge in [-0.2, -0.15) is 0 Å². The second-order valence-electron chi connectivity index (χ2n) is 2.75. The van der Waals surface area contributed by atoms with E-state index in [1.165, 1.54) is 5.56 Å². The summed E-state index contributed by atoms with van der Waals surface area (Å²) < 4.78 is 5.28. The predicted molar refractivity (Wildman–Crippen MR) is 59.5 cm³/mol. The van der Waals surface area contributed by atoms with Gasteiger partial charge in [-0.05, 0) is 11.1 Å².